The normalized spacial score (nSPS) is 21.7. The minimum atomic E-state index is 0.187. The molecule has 2 heterocycles. The van der Waals surface area contributed by atoms with E-state index in [4.69, 9.17) is 27.9 Å². The number of ether oxygens (including phenoxy) is 1. The largest absolute Gasteiger partial charge is 0.380 e. The molecule has 0 aromatic carbocycles. The van der Waals surface area contributed by atoms with E-state index >= 15 is 0 Å². The summed E-state index contributed by atoms with van der Waals surface area (Å²) in [5.74, 6) is 0. The number of likely N-dealkylation sites (tertiary alicyclic amines) is 1. The van der Waals surface area contributed by atoms with Crippen molar-refractivity contribution >= 4 is 23.2 Å². The summed E-state index contributed by atoms with van der Waals surface area (Å²) in [4.78, 5) is 10.2. The van der Waals surface area contributed by atoms with Crippen molar-refractivity contribution in [3.8, 4) is 0 Å². The SMILES string of the molecule is CO[C@H]1CCCN(Cc2cnc(Cl)nc2Cl)C1. The van der Waals surface area contributed by atoms with Crippen LogP contribution in [0.5, 0.6) is 0 Å². The molecule has 0 radical (unpaired) electrons. The third kappa shape index (κ3) is 3.52. The Labute approximate surface area is 111 Å². The fourth-order valence-electron chi connectivity index (χ4n) is 2.06. The van der Waals surface area contributed by atoms with Crippen molar-refractivity contribution in [1.29, 1.82) is 0 Å². The predicted octanol–water partition coefficient (Wildman–Crippen LogP) is 2.39. The van der Waals surface area contributed by atoms with Gasteiger partial charge in [0.1, 0.15) is 5.15 Å². The lowest BCUT2D eigenvalue weighted by Gasteiger charge is -2.31. The Hall–Kier alpha value is -0.420. The molecule has 0 spiro atoms. The van der Waals surface area contributed by atoms with Gasteiger partial charge >= 0.3 is 0 Å². The monoisotopic (exact) mass is 275 g/mol. The number of aromatic nitrogens is 2. The lowest BCUT2D eigenvalue weighted by Crippen LogP contribution is -2.38. The summed E-state index contributed by atoms with van der Waals surface area (Å²) in [6, 6.07) is 0. The van der Waals surface area contributed by atoms with Crippen molar-refractivity contribution in [1.82, 2.24) is 14.9 Å². The number of piperidine rings is 1. The predicted molar refractivity (Wildman–Crippen MR) is 67.4 cm³/mol. The van der Waals surface area contributed by atoms with E-state index in [-0.39, 0.29) is 5.28 Å². The third-order valence-electron chi connectivity index (χ3n) is 2.97. The molecule has 1 fully saturated rings. The molecule has 0 aliphatic carbocycles. The first-order valence-corrected chi connectivity index (χ1v) is 6.36. The third-order valence-corrected chi connectivity index (χ3v) is 3.48. The molecular formula is C11H15Cl2N3O. The molecule has 0 bridgehead atoms. The Kier molecular flexibility index (Phi) is 4.56. The van der Waals surface area contributed by atoms with Crippen LogP contribution in [0.2, 0.25) is 10.4 Å². The van der Waals surface area contributed by atoms with Gasteiger partial charge in [-0.3, -0.25) is 4.90 Å². The van der Waals surface area contributed by atoms with Crippen molar-refractivity contribution in [2.75, 3.05) is 20.2 Å². The summed E-state index contributed by atoms with van der Waals surface area (Å²) < 4.78 is 5.38. The van der Waals surface area contributed by atoms with Gasteiger partial charge in [-0.05, 0) is 31.0 Å². The molecule has 0 N–H and O–H groups in total. The van der Waals surface area contributed by atoms with Crippen LogP contribution in [-0.2, 0) is 11.3 Å². The standard InChI is InChI=1S/C11H15Cl2N3O/c1-17-9-3-2-4-16(7-9)6-8-5-14-11(13)15-10(8)12/h5,9H,2-4,6-7H2,1H3/t9-/m0/s1. The highest BCUT2D eigenvalue weighted by atomic mass is 35.5. The first kappa shape index (κ1) is 13.0. The van der Waals surface area contributed by atoms with Crippen LogP contribution in [0.4, 0.5) is 0 Å². The van der Waals surface area contributed by atoms with Gasteiger partial charge in [0.2, 0.25) is 5.28 Å². The maximum Gasteiger partial charge on any atom is 0.223 e. The molecular weight excluding hydrogens is 261 g/mol. The molecule has 0 amide bonds. The van der Waals surface area contributed by atoms with Crippen molar-refractivity contribution < 1.29 is 4.74 Å². The summed E-state index contributed by atoms with van der Waals surface area (Å²) in [5, 5.41) is 0.622. The van der Waals surface area contributed by atoms with Gasteiger partial charge < -0.3 is 4.74 Å². The highest BCUT2D eigenvalue weighted by molar-refractivity contribution is 6.32. The Morgan fingerprint density at radius 3 is 3.06 bits per heavy atom. The van der Waals surface area contributed by atoms with Crippen LogP contribution in [0.25, 0.3) is 0 Å². The van der Waals surface area contributed by atoms with Crippen LogP contribution in [0.15, 0.2) is 6.20 Å². The molecule has 1 aliphatic heterocycles. The van der Waals surface area contributed by atoms with E-state index in [1.807, 2.05) is 0 Å². The number of hydrogen-bond donors (Lipinski definition) is 0. The van der Waals surface area contributed by atoms with Gasteiger partial charge in [-0.2, -0.15) is 0 Å². The highest BCUT2D eigenvalue weighted by Crippen LogP contribution is 2.19. The molecule has 6 heteroatoms. The fraction of sp³-hybridized carbons (Fsp3) is 0.636. The van der Waals surface area contributed by atoms with E-state index in [9.17, 15) is 0 Å². The number of halogens is 2. The molecule has 1 saturated heterocycles. The van der Waals surface area contributed by atoms with Gasteiger partial charge in [0.25, 0.3) is 0 Å². The number of nitrogens with zero attached hydrogens (tertiary/aromatic N) is 3. The van der Waals surface area contributed by atoms with E-state index in [2.05, 4.69) is 14.9 Å². The van der Waals surface area contributed by atoms with Gasteiger partial charge in [-0.25, -0.2) is 9.97 Å². The Morgan fingerprint density at radius 1 is 1.53 bits per heavy atom. The molecule has 4 nitrogen and oxygen atoms in total. The lowest BCUT2D eigenvalue weighted by molar-refractivity contribution is 0.0285. The molecule has 1 atom stereocenters. The second-order valence-electron chi connectivity index (χ2n) is 4.19. The van der Waals surface area contributed by atoms with E-state index in [0.717, 1.165) is 38.0 Å². The van der Waals surface area contributed by atoms with Gasteiger partial charge in [-0.15, -0.1) is 0 Å². The number of rotatable bonds is 3. The average molecular weight is 276 g/mol. The van der Waals surface area contributed by atoms with Crippen molar-refractivity contribution in [3.63, 3.8) is 0 Å². The smallest absolute Gasteiger partial charge is 0.223 e. The minimum Gasteiger partial charge on any atom is -0.380 e. The van der Waals surface area contributed by atoms with Gasteiger partial charge in [-0.1, -0.05) is 11.6 Å². The number of methoxy groups -OCH3 is 1. The molecule has 1 aromatic heterocycles. The molecule has 1 aromatic rings. The Bertz CT molecular complexity index is 389. The maximum absolute atomic E-state index is 6.03. The van der Waals surface area contributed by atoms with Gasteiger partial charge in [0.15, 0.2) is 0 Å². The zero-order valence-electron chi connectivity index (χ0n) is 9.70. The quantitative estimate of drug-likeness (QED) is 0.627. The van der Waals surface area contributed by atoms with Gasteiger partial charge in [0.05, 0.1) is 6.10 Å². The van der Waals surface area contributed by atoms with Crippen LogP contribution in [0.1, 0.15) is 18.4 Å². The topological polar surface area (TPSA) is 38.2 Å². The minimum absolute atomic E-state index is 0.187. The first-order valence-electron chi connectivity index (χ1n) is 5.61. The first-order chi connectivity index (χ1) is 8.19. The Morgan fingerprint density at radius 2 is 2.35 bits per heavy atom. The molecule has 17 heavy (non-hydrogen) atoms. The maximum atomic E-state index is 6.03. The van der Waals surface area contributed by atoms with Crippen molar-refractivity contribution in [3.05, 3.63) is 22.2 Å². The summed E-state index contributed by atoms with van der Waals surface area (Å²) in [5.41, 5.74) is 0.910. The zero-order chi connectivity index (χ0) is 12.3. The van der Waals surface area contributed by atoms with Crippen LogP contribution in [0, 0.1) is 0 Å². The molecule has 0 saturated carbocycles. The lowest BCUT2D eigenvalue weighted by atomic mass is 10.1. The van der Waals surface area contributed by atoms with E-state index < -0.39 is 0 Å². The molecule has 1 aliphatic rings. The van der Waals surface area contributed by atoms with Crippen LogP contribution in [-0.4, -0.2) is 41.2 Å². The number of hydrogen-bond acceptors (Lipinski definition) is 4. The average Bonchev–Trinajstić information content (AvgIpc) is 2.33. The summed E-state index contributed by atoms with van der Waals surface area (Å²) in [6.07, 6.45) is 4.27. The molecule has 2 rings (SSSR count). The summed E-state index contributed by atoms with van der Waals surface area (Å²) >= 11 is 11.7. The molecule has 0 unspecified atom stereocenters. The molecule has 94 valence electrons. The van der Waals surface area contributed by atoms with Crippen molar-refractivity contribution in [2.24, 2.45) is 0 Å². The van der Waals surface area contributed by atoms with E-state index in [1.54, 1.807) is 13.3 Å². The zero-order valence-corrected chi connectivity index (χ0v) is 11.2. The van der Waals surface area contributed by atoms with Crippen molar-refractivity contribution in [2.45, 2.75) is 25.5 Å². The fourth-order valence-corrected chi connectivity index (χ4v) is 2.43. The second-order valence-corrected chi connectivity index (χ2v) is 4.89. The van der Waals surface area contributed by atoms with Gasteiger partial charge in [0, 0.05) is 32.0 Å². The van der Waals surface area contributed by atoms with E-state index in [0.29, 0.717) is 11.3 Å². The second kappa shape index (κ2) is 5.96. The summed E-state index contributed by atoms with van der Waals surface area (Å²) in [7, 11) is 1.76. The van der Waals surface area contributed by atoms with E-state index in [1.165, 1.54) is 0 Å². The van der Waals surface area contributed by atoms with Crippen LogP contribution >= 0.6 is 23.2 Å². The highest BCUT2D eigenvalue weighted by Gasteiger charge is 2.20. The van der Waals surface area contributed by atoms with Crippen LogP contribution < -0.4 is 0 Å². The Balaban J connectivity index is 2.00. The van der Waals surface area contributed by atoms with Crippen LogP contribution in [0.3, 0.4) is 0 Å². The summed E-state index contributed by atoms with van der Waals surface area (Å²) in [6.45, 7) is 2.73.